The molecular formula is C25H23ClN2O. The number of benzene rings is 3. The molecule has 3 aromatic carbocycles. The van der Waals surface area contributed by atoms with Gasteiger partial charge in [-0.15, -0.1) is 11.6 Å². The first-order valence-corrected chi connectivity index (χ1v) is 10.4. The van der Waals surface area contributed by atoms with Gasteiger partial charge in [-0.3, -0.25) is 4.79 Å². The number of amides is 1. The van der Waals surface area contributed by atoms with Gasteiger partial charge in [-0.2, -0.15) is 0 Å². The molecule has 0 aliphatic rings. The van der Waals surface area contributed by atoms with E-state index in [2.05, 4.69) is 40.3 Å². The summed E-state index contributed by atoms with van der Waals surface area (Å²) in [5.74, 6) is 0.583. The van der Waals surface area contributed by atoms with Crippen molar-refractivity contribution in [2.45, 2.75) is 19.4 Å². The molecule has 1 heterocycles. The van der Waals surface area contributed by atoms with E-state index in [0.717, 1.165) is 25.1 Å². The van der Waals surface area contributed by atoms with Gasteiger partial charge in [0.15, 0.2) is 0 Å². The Morgan fingerprint density at radius 3 is 2.41 bits per heavy atom. The smallest absolute Gasteiger partial charge is 0.255 e. The summed E-state index contributed by atoms with van der Waals surface area (Å²) < 4.78 is 2.25. The molecule has 0 radical (unpaired) electrons. The highest BCUT2D eigenvalue weighted by atomic mass is 35.5. The fraction of sp³-hybridized carbons (Fsp3) is 0.160. The van der Waals surface area contributed by atoms with Crippen molar-refractivity contribution in [3.05, 3.63) is 102 Å². The number of hydrogen-bond acceptors (Lipinski definition) is 1. The number of carbonyl (C=O) groups excluding carboxylic acids is 1. The minimum atomic E-state index is -0.0949. The third-order valence-electron chi connectivity index (χ3n) is 5.02. The SMILES string of the molecule is O=C(Nc1ccccc1)c1ccc(Cc2ccc3c(ccn3CCCCl)c2)cc1. The molecule has 1 aromatic heterocycles. The molecule has 4 aromatic rings. The molecule has 0 fully saturated rings. The third kappa shape index (κ3) is 4.69. The molecule has 0 aliphatic heterocycles. The molecule has 0 unspecified atom stereocenters. The van der Waals surface area contributed by atoms with E-state index in [1.807, 2.05) is 54.6 Å². The molecule has 146 valence electrons. The number of alkyl halides is 1. The zero-order valence-electron chi connectivity index (χ0n) is 16.1. The Kier molecular flexibility index (Phi) is 5.97. The van der Waals surface area contributed by atoms with Crippen LogP contribution in [0.1, 0.15) is 27.9 Å². The minimum absolute atomic E-state index is 0.0949. The Morgan fingerprint density at radius 1 is 0.897 bits per heavy atom. The van der Waals surface area contributed by atoms with E-state index in [1.54, 1.807) is 0 Å². The molecule has 1 amide bonds. The maximum absolute atomic E-state index is 12.4. The topological polar surface area (TPSA) is 34.0 Å². The van der Waals surface area contributed by atoms with E-state index in [0.29, 0.717) is 11.4 Å². The fourth-order valence-corrected chi connectivity index (χ4v) is 3.64. The second kappa shape index (κ2) is 8.97. The molecule has 0 spiro atoms. The van der Waals surface area contributed by atoms with Crippen LogP contribution in [0.5, 0.6) is 0 Å². The van der Waals surface area contributed by atoms with Crippen LogP contribution in [-0.4, -0.2) is 16.4 Å². The number of para-hydroxylation sites is 1. The highest BCUT2D eigenvalue weighted by Gasteiger charge is 2.07. The number of hydrogen-bond donors (Lipinski definition) is 1. The summed E-state index contributed by atoms with van der Waals surface area (Å²) in [6.45, 7) is 0.943. The first-order valence-electron chi connectivity index (χ1n) is 9.82. The summed E-state index contributed by atoms with van der Waals surface area (Å²) >= 11 is 5.82. The van der Waals surface area contributed by atoms with Crippen molar-refractivity contribution in [1.29, 1.82) is 0 Å². The summed E-state index contributed by atoms with van der Waals surface area (Å²) in [4.78, 5) is 12.4. The van der Waals surface area contributed by atoms with Gasteiger partial charge in [-0.05, 0) is 71.8 Å². The van der Waals surface area contributed by atoms with Crippen LogP contribution in [0.3, 0.4) is 0 Å². The number of nitrogens with zero attached hydrogens (tertiary/aromatic N) is 1. The monoisotopic (exact) mass is 402 g/mol. The minimum Gasteiger partial charge on any atom is -0.347 e. The van der Waals surface area contributed by atoms with E-state index in [4.69, 9.17) is 11.6 Å². The van der Waals surface area contributed by atoms with Crippen LogP contribution in [0, 0.1) is 0 Å². The second-order valence-electron chi connectivity index (χ2n) is 7.14. The average Bonchev–Trinajstić information content (AvgIpc) is 3.15. The van der Waals surface area contributed by atoms with Crippen LogP contribution in [-0.2, 0) is 13.0 Å². The maximum atomic E-state index is 12.4. The van der Waals surface area contributed by atoms with Crippen LogP contribution in [0.15, 0.2) is 85.1 Å². The Hall–Kier alpha value is -3.04. The van der Waals surface area contributed by atoms with Gasteiger partial charge >= 0.3 is 0 Å². The summed E-state index contributed by atoms with van der Waals surface area (Å²) in [6.07, 6.45) is 3.93. The summed E-state index contributed by atoms with van der Waals surface area (Å²) in [5, 5.41) is 4.16. The van der Waals surface area contributed by atoms with E-state index >= 15 is 0 Å². The number of nitrogens with one attached hydrogen (secondary N) is 1. The standard InChI is InChI=1S/C25H23ClN2O/c26-14-4-15-28-16-13-22-18-20(9-12-24(22)28)17-19-7-10-21(11-8-19)25(29)27-23-5-2-1-3-6-23/h1-3,5-13,16,18H,4,14-15,17H2,(H,27,29). The van der Waals surface area contributed by atoms with E-state index < -0.39 is 0 Å². The lowest BCUT2D eigenvalue weighted by atomic mass is 10.0. The molecule has 0 bridgehead atoms. The van der Waals surface area contributed by atoms with Gasteiger partial charge in [-0.25, -0.2) is 0 Å². The number of carbonyl (C=O) groups is 1. The molecule has 0 atom stereocenters. The fourth-order valence-electron chi connectivity index (χ4n) is 3.52. The molecule has 4 heteroatoms. The van der Waals surface area contributed by atoms with Crippen LogP contribution < -0.4 is 5.32 Å². The van der Waals surface area contributed by atoms with Crippen molar-refractivity contribution in [2.24, 2.45) is 0 Å². The van der Waals surface area contributed by atoms with Crippen molar-refractivity contribution in [1.82, 2.24) is 4.57 Å². The predicted molar refractivity (Wildman–Crippen MR) is 121 cm³/mol. The molecule has 3 nitrogen and oxygen atoms in total. The molecule has 0 saturated carbocycles. The van der Waals surface area contributed by atoms with Crippen LogP contribution in [0.4, 0.5) is 5.69 Å². The van der Waals surface area contributed by atoms with Gasteiger partial charge in [0.1, 0.15) is 0 Å². The molecule has 1 N–H and O–H groups in total. The summed E-state index contributed by atoms with van der Waals surface area (Å²) in [5.41, 5.74) is 5.14. The first-order chi connectivity index (χ1) is 14.2. The van der Waals surface area contributed by atoms with Crippen molar-refractivity contribution in [3.8, 4) is 0 Å². The zero-order chi connectivity index (χ0) is 20.1. The molecule has 29 heavy (non-hydrogen) atoms. The first kappa shape index (κ1) is 19.3. The lowest BCUT2D eigenvalue weighted by Crippen LogP contribution is -2.11. The highest BCUT2D eigenvalue weighted by Crippen LogP contribution is 2.20. The molecule has 4 rings (SSSR count). The maximum Gasteiger partial charge on any atom is 0.255 e. The highest BCUT2D eigenvalue weighted by molar-refractivity contribution is 6.17. The van der Waals surface area contributed by atoms with Crippen molar-refractivity contribution >= 4 is 34.1 Å². The number of rotatable bonds is 7. The van der Waals surface area contributed by atoms with Crippen LogP contribution in [0.2, 0.25) is 0 Å². The number of halogens is 1. The Balaban J connectivity index is 1.43. The lowest BCUT2D eigenvalue weighted by Gasteiger charge is -2.08. The Morgan fingerprint density at radius 2 is 1.66 bits per heavy atom. The lowest BCUT2D eigenvalue weighted by molar-refractivity contribution is 0.102. The van der Waals surface area contributed by atoms with Crippen molar-refractivity contribution in [2.75, 3.05) is 11.2 Å². The van der Waals surface area contributed by atoms with Gasteiger partial charge < -0.3 is 9.88 Å². The normalized spacial score (nSPS) is 10.9. The van der Waals surface area contributed by atoms with Gasteiger partial charge in [0.05, 0.1) is 0 Å². The number of anilines is 1. The Labute approximate surface area is 175 Å². The largest absolute Gasteiger partial charge is 0.347 e. The van der Waals surface area contributed by atoms with E-state index in [-0.39, 0.29) is 5.91 Å². The third-order valence-corrected chi connectivity index (χ3v) is 5.29. The number of aromatic nitrogens is 1. The number of fused-ring (bicyclic) bond motifs is 1. The Bertz CT molecular complexity index is 1100. The van der Waals surface area contributed by atoms with Gasteiger partial charge in [0, 0.05) is 35.4 Å². The van der Waals surface area contributed by atoms with Crippen LogP contribution >= 0.6 is 11.6 Å². The molecule has 0 aliphatic carbocycles. The van der Waals surface area contributed by atoms with E-state index in [1.165, 1.54) is 22.0 Å². The van der Waals surface area contributed by atoms with Gasteiger partial charge in [0.25, 0.3) is 5.91 Å². The number of aryl methyl sites for hydroxylation is 1. The zero-order valence-corrected chi connectivity index (χ0v) is 16.9. The van der Waals surface area contributed by atoms with Crippen LogP contribution in [0.25, 0.3) is 10.9 Å². The second-order valence-corrected chi connectivity index (χ2v) is 7.52. The molecule has 0 saturated heterocycles. The quantitative estimate of drug-likeness (QED) is 0.371. The summed E-state index contributed by atoms with van der Waals surface area (Å²) in [6, 6.07) is 26.1. The van der Waals surface area contributed by atoms with Crippen molar-refractivity contribution < 1.29 is 4.79 Å². The summed E-state index contributed by atoms with van der Waals surface area (Å²) in [7, 11) is 0. The van der Waals surface area contributed by atoms with E-state index in [9.17, 15) is 4.79 Å². The van der Waals surface area contributed by atoms with Gasteiger partial charge in [-0.1, -0.05) is 36.4 Å². The average molecular weight is 403 g/mol. The van der Waals surface area contributed by atoms with Crippen molar-refractivity contribution in [3.63, 3.8) is 0 Å². The predicted octanol–water partition coefficient (Wildman–Crippen LogP) is 6.11. The van der Waals surface area contributed by atoms with Gasteiger partial charge in [0.2, 0.25) is 0 Å². The molecular weight excluding hydrogens is 380 g/mol.